The van der Waals surface area contributed by atoms with E-state index in [0.717, 1.165) is 30.4 Å². The summed E-state index contributed by atoms with van der Waals surface area (Å²) in [6, 6.07) is 10.7. The first-order chi connectivity index (χ1) is 9.98. The van der Waals surface area contributed by atoms with Gasteiger partial charge in [-0.05, 0) is 30.0 Å². The minimum Gasteiger partial charge on any atom is -0.388 e. The highest BCUT2D eigenvalue weighted by Gasteiger charge is 2.31. The summed E-state index contributed by atoms with van der Waals surface area (Å²) in [4.78, 5) is 3.67. The highest BCUT2D eigenvalue weighted by molar-refractivity contribution is 5.62. The number of alkyl halides is 3. The fourth-order valence-corrected chi connectivity index (χ4v) is 1.97. The van der Waals surface area contributed by atoms with Gasteiger partial charge >= 0.3 is 6.36 Å². The standard InChI is InChI=1S/C16H16F3NO/c1-2-3-4-12-5-7-13(8-6-12)14-9-10-15(20-11-14)21-16(17,18)19/h5-11H,2-4H2,1H3. The molecule has 112 valence electrons. The Hall–Kier alpha value is -2.04. The quantitative estimate of drug-likeness (QED) is 0.775. The maximum Gasteiger partial charge on any atom is 0.574 e. The molecule has 0 bridgehead atoms. The van der Waals surface area contributed by atoms with Crippen molar-refractivity contribution in [2.45, 2.75) is 32.5 Å². The molecule has 0 aliphatic carbocycles. The first-order valence-corrected chi connectivity index (χ1v) is 6.79. The number of aryl methyl sites for hydroxylation is 1. The Morgan fingerprint density at radius 1 is 1.00 bits per heavy atom. The molecule has 0 spiro atoms. The molecule has 0 radical (unpaired) electrons. The number of aromatic nitrogens is 1. The third kappa shape index (κ3) is 4.77. The van der Waals surface area contributed by atoms with Gasteiger partial charge in [0.15, 0.2) is 0 Å². The lowest BCUT2D eigenvalue weighted by Gasteiger charge is -2.08. The van der Waals surface area contributed by atoms with Crippen LogP contribution in [0.15, 0.2) is 42.6 Å². The summed E-state index contributed by atoms with van der Waals surface area (Å²) in [5.74, 6) is -0.453. The van der Waals surface area contributed by atoms with Crippen molar-refractivity contribution in [2.24, 2.45) is 0 Å². The van der Waals surface area contributed by atoms with Crippen LogP contribution in [-0.2, 0) is 6.42 Å². The van der Waals surface area contributed by atoms with Gasteiger partial charge in [0, 0.05) is 17.8 Å². The van der Waals surface area contributed by atoms with E-state index in [9.17, 15) is 13.2 Å². The first-order valence-electron chi connectivity index (χ1n) is 6.79. The van der Waals surface area contributed by atoms with E-state index in [-0.39, 0.29) is 0 Å². The van der Waals surface area contributed by atoms with Crippen LogP contribution in [-0.4, -0.2) is 11.3 Å². The minimum atomic E-state index is -4.71. The summed E-state index contributed by atoms with van der Waals surface area (Å²) in [6.45, 7) is 2.14. The van der Waals surface area contributed by atoms with E-state index in [0.29, 0.717) is 0 Å². The van der Waals surface area contributed by atoms with Gasteiger partial charge in [-0.25, -0.2) is 4.98 Å². The van der Waals surface area contributed by atoms with Crippen LogP contribution in [0.25, 0.3) is 11.1 Å². The van der Waals surface area contributed by atoms with Crippen LogP contribution in [0.4, 0.5) is 13.2 Å². The van der Waals surface area contributed by atoms with Gasteiger partial charge in [0.1, 0.15) is 0 Å². The van der Waals surface area contributed by atoms with E-state index in [1.165, 1.54) is 17.8 Å². The zero-order valence-corrected chi connectivity index (χ0v) is 11.7. The zero-order valence-electron chi connectivity index (χ0n) is 11.7. The zero-order chi connectivity index (χ0) is 15.3. The Bertz CT molecular complexity index is 562. The van der Waals surface area contributed by atoms with Gasteiger partial charge < -0.3 is 4.74 Å². The van der Waals surface area contributed by atoms with E-state index in [1.807, 2.05) is 24.3 Å². The highest BCUT2D eigenvalue weighted by Crippen LogP contribution is 2.24. The molecule has 0 amide bonds. The maximum atomic E-state index is 12.0. The molecule has 2 nitrogen and oxygen atoms in total. The van der Waals surface area contributed by atoms with Gasteiger partial charge in [-0.2, -0.15) is 0 Å². The van der Waals surface area contributed by atoms with Crippen molar-refractivity contribution < 1.29 is 17.9 Å². The maximum absolute atomic E-state index is 12.0. The minimum absolute atomic E-state index is 0.453. The van der Waals surface area contributed by atoms with Crippen molar-refractivity contribution in [1.82, 2.24) is 4.98 Å². The Morgan fingerprint density at radius 3 is 2.19 bits per heavy atom. The fraction of sp³-hybridized carbons (Fsp3) is 0.312. The number of benzene rings is 1. The van der Waals surface area contributed by atoms with Gasteiger partial charge in [0.25, 0.3) is 0 Å². The molecule has 0 saturated carbocycles. The molecule has 1 heterocycles. The van der Waals surface area contributed by atoms with Gasteiger partial charge in [0.05, 0.1) is 0 Å². The van der Waals surface area contributed by atoms with Crippen LogP contribution in [0, 0.1) is 0 Å². The van der Waals surface area contributed by atoms with Crippen molar-refractivity contribution in [1.29, 1.82) is 0 Å². The number of rotatable bonds is 5. The van der Waals surface area contributed by atoms with Crippen molar-refractivity contribution in [3.8, 4) is 17.0 Å². The Morgan fingerprint density at radius 2 is 1.67 bits per heavy atom. The van der Waals surface area contributed by atoms with Crippen LogP contribution in [0.1, 0.15) is 25.3 Å². The number of hydrogen-bond acceptors (Lipinski definition) is 2. The average Bonchev–Trinajstić information content (AvgIpc) is 2.45. The van der Waals surface area contributed by atoms with Crippen LogP contribution in [0.5, 0.6) is 5.88 Å². The summed E-state index contributed by atoms with van der Waals surface area (Å²) in [5, 5.41) is 0. The van der Waals surface area contributed by atoms with Crippen LogP contribution >= 0.6 is 0 Å². The summed E-state index contributed by atoms with van der Waals surface area (Å²) in [6.07, 6.45) is -0.0122. The second-order valence-corrected chi connectivity index (χ2v) is 4.73. The number of nitrogens with zero attached hydrogens (tertiary/aromatic N) is 1. The lowest BCUT2D eigenvalue weighted by Crippen LogP contribution is -2.17. The Labute approximate surface area is 121 Å². The van der Waals surface area contributed by atoms with Gasteiger partial charge in [-0.15, -0.1) is 13.2 Å². The highest BCUT2D eigenvalue weighted by atomic mass is 19.4. The Balaban J connectivity index is 2.08. The SMILES string of the molecule is CCCCc1ccc(-c2ccc(OC(F)(F)F)nc2)cc1. The van der Waals surface area contributed by atoms with E-state index in [2.05, 4.69) is 16.6 Å². The number of pyridine rings is 1. The van der Waals surface area contributed by atoms with Crippen molar-refractivity contribution in [3.63, 3.8) is 0 Å². The van der Waals surface area contributed by atoms with Gasteiger partial charge in [-0.1, -0.05) is 37.6 Å². The van der Waals surface area contributed by atoms with Crippen LogP contribution < -0.4 is 4.74 Å². The molecule has 2 rings (SSSR count). The predicted octanol–water partition coefficient (Wildman–Crippen LogP) is 4.99. The normalized spacial score (nSPS) is 11.4. The largest absolute Gasteiger partial charge is 0.574 e. The molecule has 2 aromatic rings. The van der Waals surface area contributed by atoms with E-state index >= 15 is 0 Å². The smallest absolute Gasteiger partial charge is 0.388 e. The number of halogens is 3. The molecule has 0 N–H and O–H groups in total. The molecule has 21 heavy (non-hydrogen) atoms. The topological polar surface area (TPSA) is 22.1 Å². The van der Waals surface area contributed by atoms with E-state index in [1.54, 1.807) is 6.07 Å². The molecule has 0 atom stereocenters. The second-order valence-electron chi connectivity index (χ2n) is 4.73. The van der Waals surface area contributed by atoms with Crippen molar-refractivity contribution >= 4 is 0 Å². The summed E-state index contributed by atoms with van der Waals surface area (Å²) >= 11 is 0. The third-order valence-corrected chi connectivity index (χ3v) is 3.06. The monoisotopic (exact) mass is 295 g/mol. The summed E-state index contributed by atoms with van der Waals surface area (Å²) in [7, 11) is 0. The molecular weight excluding hydrogens is 279 g/mol. The molecular formula is C16H16F3NO. The number of unbranched alkanes of at least 4 members (excludes halogenated alkanes) is 1. The fourth-order valence-electron chi connectivity index (χ4n) is 1.97. The van der Waals surface area contributed by atoms with Crippen molar-refractivity contribution in [2.75, 3.05) is 0 Å². The number of hydrogen-bond donors (Lipinski definition) is 0. The first kappa shape index (κ1) is 15.4. The molecule has 0 aliphatic heterocycles. The summed E-state index contributed by atoms with van der Waals surface area (Å²) < 4.78 is 39.9. The molecule has 0 aliphatic rings. The van der Waals surface area contributed by atoms with E-state index < -0.39 is 12.2 Å². The van der Waals surface area contributed by atoms with Gasteiger partial charge in [0.2, 0.25) is 5.88 Å². The average molecular weight is 295 g/mol. The molecule has 0 unspecified atom stereocenters. The molecule has 1 aromatic carbocycles. The van der Waals surface area contributed by atoms with Gasteiger partial charge in [-0.3, -0.25) is 0 Å². The van der Waals surface area contributed by atoms with Crippen molar-refractivity contribution in [3.05, 3.63) is 48.2 Å². The predicted molar refractivity (Wildman–Crippen MR) is 75.0 cm³/mol. The lowest BCUT2D eigenvalue weighted by molar-refractivity contribution is -0.276. The molecule has 5 heteroatoms. The van der Waals surface area contributed by atoms with E-state index in [4.69, 9.17) is 0 Å². The molecule has 1 aromatic heterocycles. The number of ether oxygens (including phenoxy) is 1. The Kier molecular flexibility index (Phi) is 4.83. The summed E-state index contributed by atoms with van der Waals surface area (Å²) in [5.41, 5.74) is 2.93. The van der Waals surface area contributed by atoms with Crippen LogP contribution in [0.3, 0.4) is 0 Å². The third-order valence-electron chi connectivity index (χ3n) is 3.06. The molecule has 0 fully saturated rings. The lowest BCUT2D eigenvalue weighted by atomic mass is 10.0. The van der Waals surface area contributed by atoms with Crippen LogP contribution in [0.2, 0.25) is 0 Å². The molecule has 0 saturated heterocycles. The second kappa shape index (κ2) is 6.61.